The van der Waals surface area contributed by atoms with Crippen molar-refractivity contribution in [2.75, 3.05) is 58.2 Å². The van der Waals surface area contributed by atoms with Crippen molar-refractivity contribution >= 4 is 39.8 Å². The minimum Gasteiger partial charge on any atom is -0.379 e. The van der Waals surface area contributed by atoms with Crippen molar-refractivity contribution in [3.63, 3.8) is 0 Å². The van der Waals surface area contributed by atoms with E-state index in [2.05, 4.69) is 20.5 Å². The van der Waals surface area contributed by atoms with Gasteiger partial charge in [-0.2, -0.15) is 0 Å². The molecule has 1 aliphatic rings. The number of halogens is 1. The second-order valence-corrected chi connectivity index (χ2v) is 7.88. The quantitative estimate of drug-likeness (QED) is 0.317. The number of hydrogen-bond donors (Lipinski definition) is 2. The Morgan fingerprint density at radius 3 is 2.54 bits per heavy atom. The van der Waals surface area contributed by atoms with Crippen LogP contribution in [0.2, 0.25) is 0 Å². The molecule has 0 atom stereocenters. The second kappa shape index (κ2) is 12.5. The minimum atomic E-state index is -3.28. The Morgan fingerprint density at radius 1 is 1.19 bits per heavy atom. The van der Waals surface area contributed by atoms with E-state index in [9.17, 15) is 8.42 Å². The second-order valence-electron chi connectivity index (χ2n) is 5.77. The van der Waals surface area contributed by atoms with Gasteiger partial charge in [-0.15, -0.1) is 24.0 Å². The predicted molar refractivity (Wildman–Crippen MR) is 115 cm³/mol. The zero-order chi connectivity index (χ0) is 18.0. The van der Waals surface area contributed by atoms with Crippen LogP contribution in [0.15, 0.2) is 40.2 Å². The van der Waals surface area contributed by atoms with Gasteiger partial charge >= 0.3 is 0 Å². The average molecular weight is 496 g/mol. The molecule has 0 unspecified atom stereocenters. The molecule has 0 saturated carbocycles. The number of nitrogens with one attached hydrogen (secondary N) is 2. The van der Waals surface area contributed by atoms with Crippen molar-refractivity contribution < 1.29 is 13.2 Å². The highest BCUT2D eigenvalue weighted by Crippen LogP contribution is 2.09. The normalized spacial score (nSPS) is 16.0. The molecule has 1 aromatic carbocycles. The maximum absolute atomic E-state index is 12.3. The van der Waals surface area contributed by atoms with Gasteiger partial charge in [0.25, 0.3) is 0 Å². The van der Waals surface area contributed by atoms with Crippen LogP contribution < -0.4 is 10.6 Å². The van der Waals surface area contributed by atoms with Gasteiger partial charge in [-0.05, 0) is 19.1 Å². The molecule has 2 N–H and O–H groups in total. The zero-order valence-corrected chi connectivity index (χ0v) is 18.3. The van der Waals surface area contributed by atoms with Crippen molar-refractivity contribution in [2.45, 2.75) is 11.8 Å². The molecular weight excluding hydrogens is 467 g/mol. The molecule has 0 radical (unpaired) electrons. The van der Waals surface area contributed by atoms with Crippen LogP contribution in [0, 0.1) is 0 Å². The van der Waals surface area contributed by atoms with Gasteiger partial charge < -0.3 is 15.4 Å². The maximum atomic E-state index is 12.3. The Bertz CT molecular complexity index is 635. The van der Waals surface area contributed by atoms with Crippen LogP contribution in [0.25, 0.3) is 0 Å². The molecule has 1 aromatic rings. The third-order valence-corrected chi connectivity index (χ3v) is 5.63. The largest absolute Gasteiger partial charge is 0.379 e. The molecule has 7 nitrogen and oxygen atoms in total. The minimum absolute atomic E-state index is 0. The topological polar surface area (TPSA) is 83.0 Å². The molecule has 0 bridgehead atoms. The van der Waals surface area contributed by atoms with Crippen LogP contribution in [0.5, 0.6) is 0 Å². The smallest absolute Gasteiger partial charge is 0.191 e. The molecule has 1 heterocycles. The van der Waals surface area contributed by atoms with Gasteiger partial charge in [-0.25, -0.2) is 8.42 Å². The summed E-state index contributed by atoms with van der Waals surface area (Å²) in [6.07, 6.45) is 0. The van der Waals surface area contributed by atoms with E-state index in [0.717, 1.165) is 39.4 Å². The van der Waals surface area contributed by atoms with Gasteiger partial charge in [0.2, 0.25) is 0 Å². The summed E-state index contributed by atoms with van der Waals surface area (Å²) in [5, 5.41) is 6.25. The van der Waals surface area contributed by atoms with Crippen LogP contribution >= 0.6 is 24.0 Å². The molecule has 1 saturated heterocycles. The Morgan fingerprint density at radius 2 is 1.88 bits per heavy atom. The highest BCUT2D eigenvalue weighted by molar-refractivity contribution is 14.0. The van der Waals surface area contributed by atoms with Gasteiger partial charge in [0.1, 0.15) is 0 Å². The first-order valence-corrected chi connectivity index (χ1v) is 10.4. The van der Waals surface area contributed by atoms with E-state index in [-0.39, 0.29) is 29.7 Å². The molecule has 1 fully saturated rings. The standard InChI is InChI=1S/C17H28N4O3S.HI/c1-2-18-17(19-8-10-21-11-13-24-14-12-21)20-9-15-25(22,23)16-6-4-3-5-7-16;/h3-7H,2,8-15H2,1H3,(H2,18,19,20);1H. The summed E-state index contributed by atoms with van der Waals surface area (Å²) in [6.45, 7) is 8.01. The van der Waals surface area contributed by atoms with Crippen LogP contribution in [0.3, 0.4) is 0 Å². The Balaban J connectivity index is 0.00000338. The van der Waals surface area contributed by atoms with Crippen LogP contribution in [0.4, 0.5) is 0 Å². The highest BCUT2D eigenvalue weighted by Gasteiger charge is 2.13. The fourth-order valence-electron chi connectivity index (χ4n) is 2.52. The summed E-state index contributed by atoms with van der Waals surface area (Å²) in [7, 11) is -3.28. The van der Waals surface area contributed by atoms with Gasteiger partial charge in [0.15, 0.2) is 15.8 Å². The lowest BCUT2D eigenvalue weighted by Crippen LogP contribution is -2.41. The first-order chi connectivity index (χ1) is 12.1. The Hall–Kier alpha value is -0.910. The molecule has 2 rings (SSSR count). The van der Waals surface area contributed by atoms with E-state index < -0.39 is 9.84 Å². The van der Waals surface area contributed by atoms with E-state index in [1.165, 1.54) is 0 Å². The number of ether oxygens (including phenoxy) is 1. The summed E-state index contributed by atoms with van der Waals surface area (Å²) in [6, 6.07) is 8.52. The highest BCUT2D eigenvalue weighted by atomic mass is 127. The molecule has 0 aliphatic carbocycles. The first-order valence-electron chi connectivity index (χ1n) is 8.72. The van der Waals surface area contributed by atoms with Gasteiger partial charge in [-0.3, -0.25) is 9.89 Å². The molecule has 0 aromatic heterocycles. The number of guanidine groups is 1. The first kappa shape index (κ1) is 23.1. The number of sulfone groups is 1. The third kappa shape index (κ3) is 8.19. The van der Waals surface area contributed by atoms with Crippen LogP contribution in [-0.2, 0) is 14.6 Å². The fraction of sp³-hybridized carbons (Fsp3) is 0.588. The van der Waals surface area contributed by atoms with Crippen LogP contribution in [0.1, 0.15) is 6.92 Å². The van der Waals surface area contributed by atoms with Crippen molar-refractivity contribution in [2.24, 2.45) is 4.99 Å². The van der Waals surface area contributed by atoms with Crippen molar-refractivity contribution in [3.05, 3.63) is 30.3 Å². The molecule has 0 spiro atoms. The molecular formula is C17H29IN4O3S. The van der Waals surface area contributed by atoms with E-state index in [0.29, 0.717) is 23.9 Å². The number of rotatable bonds is 8. The average Bonchev–Trinajstić information content (AvgIpc) is 2.63. The number of nitrogens with zero attached hydrogens (tertiary/aromatic N) is 2. The molecule has 1 aliphatic heterocycles. The van der Waals surface area contributed by atoms with E-state index in [1.54, 1.807) is 24.3 Å². The lowest BCUT2D eigenvalue weighted by Gasteiger charge is -2.25. The summed E-state index contributed by atoms with van der Waals surface area (Å²) >= 11 is 0. The van der Waals surface area contributed by atoms with Gasteiger partial charge in [-0.1, -0.05) is 18.2 Å². The summed E-state index contributed by atoms with van der Waals surface area (Å²) in [4.78, 5) is 7.19. The molecule has 148 valence electrons. The monoisotopic (exact) mass is 496 g/mol. The molecule has 0 amide bonds. The number of hydrogen-bond acceptors (Lipinski definition) is 5. The summed E-state index contributed by atoms with van der Waals surface area (Å²) in [5.74, 6) is 0.685. The number of aliphatic imine (C=N–C) groups is 1. The van der Waals surface area contributed by atoms with Crippen molar-refractivity contribution in [1.29, 1.82) is 0 Å². The van der Waals surface area contributed by atoms with Crippen molar-refractivity contribution in [1.82, 2.24) is 15.5 Å². The van der Waals surface area contributed by atoms with Crippen molar-refractivity contribution in [3.8, 4) is 0 Å². The van der Waals surface area contributed by atoms with Crippen LogP contribution in [-0.4, -0.2) is 77.5 Å². The third-order valence-electron chi connectivity index (χ3n) is 3.90. The fourth-order valence-corrected chi connectivity index (χ4v) is 3.70. The van der Waals surface area contributed by atoms with E-state index in [4.69, 9.17) is 4.74 Å². The lowest BCUT2D eigenvalue weighted by atomic mass is 10.4. The van der Waals surface area contributed by atoms with Gasteiger partial charge in [0, 0.05) is 32.7 Å². The maximum Gasteiger partial charge on any atom is 0.191 e. The van der Waals surface area contributed by atoms with E-state index in [1.807, 2.05) is 13.0 Å². The Kier molecular flexibility index (Phi) is 11.1. The summed E-state index contributed by atoms with van der Waals surface area (Å²) < 4.78 is 29.9. The lowest BCUT2D eigenvalue weighted by molar-refractivity contribution is 0.0394. The zero-order valence-electron chi connectivity index (χ0n) is 15.2. The van der Waals surface area contributed by atoms with E-state index >= 15 is 0 Å². The van der Waals surface area contributed by atoms with Gasteiger partial charge in [0.05, 0.1) is 30.4 Å². The molecule has 26 heavy (non-hydrogen) atoms. The Labute approximate surface area is 173 Å². The SMILES string of the molecule is CCNC(=NCCN1CCOCC1)NCCS(=O)(=O)c1ccccc1.I. The number of benzene rings is 1. The predicted octanol–water partition coefficient (Wildman–Crippen LogP) is 0.966. The number of morpholine rings is 1. The summed E-state index contributed by atoms with van der Waals surface area (Å²) in [5.41, 5.74) is 0. The molecule has 9 heteroatoms.